The predicted molar refractivity (Wildman–Crippen MR) is 109 cm³/mol. The first-order valence-electron chi connectivity index (χ1n) is 8.40. The molecule has 0 spiro atoms. The average Bonchev–Trinajstić information content (AvgIpc) is 2.69. The number of anilines is 1. The average molecular weight is 612 g/mol. The van der Waals surface area contributed by atoms with Gasteiger partial charge >= 0.3 is 23.7 Å². The Kier molecular flexibility index (Phi) is 7.38. The van der Waals surface area contributed by atoms with Gasteiger partial charge in [-0.1, -0.05) is 6.07 Å². The van der Waals surface area contributed by atoms with E-state index in [1.165, 1.54) is 12.1 Å². The Bertz CT molecular complexity index is 1070. The van der Waals surface area contributed by atoms with E-state index in [1.54, 1.807) is 0 Å². The van der Waals surface area contributed by atoms with E-state index in [4.69, 9.17) is 4.74 Å². The lowest BCUT2D eigenvalue weighted by Crippen LogP contribution is -2.50. The maximum absolute atomic E-state index is 14.4. The molecule has 0 saturated heterocycles. The van der Waals surface area contributed by atoms with Gasteiger partial charge in [0.25, 0.3) is 5.91 Å². The minimum atomic E-state index is -6.33. The van der Waals surface area contributed by atoms with Crippen molar-refractivity contribution in [2.75, 3.05) is 19.1 Å². The van der Waals surface area contributed by atoms with Crippen molar-refractivity contribution >= 4 is 49.1 Å². The zero-order chi connectivity index (χ0) is 25.5. The molecule has 2 aromatic carbocycles. The van der Waals surface area contributed by atoms with Gasteiger partial charge in [0.15, 0.2) is 0 Å². The zero-order valence-corrected chi connectivity index (χ0v) is 19.5. The van der Waals surface area contributed by atoms with E-state index in [0.29, 0.717) is 0 Å². The summed E-state index contributed by atoms with van der Waals surface area (Å²) in [6.07, 6.45) is -12.7. The summed E-state index contributed by atoms with van der Waals surface area (Å²) in [6, 6.07) is 3.90. The molecule has 0 radical (unpaired) electrons. The van der Waals surface area contributed by atoms with Crippen LogP contribution in [0.2, 0.25) is 0 Å². The van der Waals surface area contributed by atoms with E-state index >= 15 is 0 Å². The van der Waals surface area contributed by atoms with Crippen molar-refractivity contribution in [3.63, 3.8) is 0 Å². The van der Waals surface area contributed by atoms with Gasteiger partial charge < -0.3 is 9.64 Å². The summed E-state index contributed by atoms with van der Waals surface area (Å²) in [6.45, 7) is 0. The normalized spacial score (nSPS) is 12.5. The van der Waals surface area contributed by atoms with Crippen LogP contribution in [0.5, 0.6) is 5.75 Å². The van der Waals surface area contributed by atoms with Crippen molar-refractivity contribution in [1.29, 1.82) is 0 Å². The highest BCUT2D eigenvalue weighted by atomic mass is 79.9. The number of carbonyl (C=O) groups is 1. The Labute approximate surface area is 197 Å². The molecule has 0 N–H and O–H groups in total. The number of alkyl halides is 7. The second kappa shape index (κ2) is 9.08. The van der Waals surface area contributed by atoms with Crippen LogP contribution in [0, 0.1) is 10.1 Å². The van der Waals surface area contributed by atoms with Crippen LogP contribution < -0.4 is 9.64 Å². The smallest absolute Gasteiger partial charge is 0.435 e. The molecular formula is C18H11Br2F7N2O4. The number of carbonyl (C=O) groups excluding carboxylic acids is 1. The number of rotatable bonds is 5. The van der Waals surface area contributed by atoms with Crippen molar-refractivity contribution in [3.05, 3.63) is 60.5 Å². The summed E-state index contributed by atoms with van der Waals surface area (Å²) in [7, 11) is 2.16. The summed E-state index contributed by atoms with van der Waals surface area (Å²) in [5, 5.41) is 11.2. The van der Waals surface area contributed by atoms with Crippen LogP contribution in [0.15, 0.2) is 39.3 Å². The van der Waals surface area contributed by atoms with E-state index < -0.39 is 54.8 Å². The first kappa shape index (κ1) is 26.8. The van der Waals surface area contributed by atoms with Crippen LogP contribution in [-0.4, -0.2) is 37.3 Å². The van der Waals surface area contributed by atoms with Crippen LogP contribution in [0.25, 0.3) is 0 Å². The Morgan fingerprint density at radius 1 is 1.03 bits per heavy atom. The highest BCUT2D eigenvalue weighted by molar-refractivity contribution is 9.11. The molecule has 2 rings (SSSR count). The van der Waals surface area contributed by atoms with Crippen molar-refractivity contribution in [2.45, 2.75) is 18.0 Å². The molecule has 0 fully saturated rings. The first-order valence-corrected chi connectivity index (χ1v) is 9.99. The molecule has 0 unspecified atom stereocenters. The molecule has 1 amide bonds. The van der Waals surface area contributed by atoms with Gasteiger partial charge in [0.05, 0.1) is 23.3 Å². The van der Waals surface area contributed by atoms with Gasteiger partial charge in [-0.2, -0.15) is 26.3 Å². The Balaban J connectivity index is 2.64. The lowest BCUT2D eigenvalue weighted by Gasteiger charge is -2.31. The number of amides is 1. The molecule has 6 nitrogen and oxygen atoms in total. The number of benzene rings is 2. The van der Waals surface area contributed by atoms with Gasteiger partial charge in [-0.05, 0) is 50.1 Å². The summed E-state index contributed by atoms with van der Waals surface area (Å²) in [4.78, 5) is 24.1. The molecule has 0 aliphatic heterocycles. The standard InChI is InChI=1S/C18H11Br2F7N2O4/c1-28(15(30)9-4-3-5-12(29(31)32)14(9)33-2)13-10(19)6-8(7-11(13)20)16(21,17(22,23)24)18(25,26)27/h3-7H,1-2H3. The van der Waals surface area contributed by atoms with Crippen LogP contribution in [0.3, 0.4) is 0 Å². The highest BCUT2D eigenvalue weighted by Gasteiger charge is 2.73. The number of para-hydroxylation sites is 1. The van der Waals surface area contributed by atoms with Crippen molar-refractivity contribution in [1.82, 2.24) is 0 Å². The van der Waals surface area contributed by atoms with Crippen LogP contribution in [0.4, 0.5) is 42.1 Å². The molecular weight excluding hydrogens is 601 g/mol. The number of nitrogens with zero attached hydrogens (tertiary/aromatic N) is 2. The van der Waals surface area contributed by atoms with Gasteiger partial charge in [-0.3, -0.25) is 14.9 Å². The largest absolute Gasteiger partial charge is 0.490 e. The summed E-state index contributed by atoms with van der Waals surface area (Å²) < 4.78 is 96.9. The summed E-state index contributed by atoms with van der Waals surface area (Å²) in [5.74, 6) is -1.37. The fourth-order valence-corrected chi connectivity index (χ4v) is 4.63. The molecule has 180 valence electrons. The minimum Gasteiger partial charge on any atom is -0.490 e. The van der Waals surface area contributed by atoms with E-state index in [9.17, 15) is 45.6 Å². The monoisotopic (exact) mass is 610 g/mol. The maximum atomic E-state index is 14.4. The molecule has 15 heteroatoms. The SMILES string of the molecule is COc1c(C(=O)N(C)c2c(Br)cc(C(F)(C(F)(F)F)C(F)(F)F)cc2Br)cccc1[N+](=O)[O-]. The second-order valence-corrected chi connectivity index (χ2v) is 8.13. The fourth-order valence-electron chi connectivity index (χ4n) is 2.91. The van der Waals surface area contributed by atoms with Crippen LogP contribution in [0.1, 0.15) is 15.9 Å². The van der Waals surface area contributed by atoms with Crippen LogP contribution >= 0.6 is 31.9 Å². The van der Waals surface area contributed by atoms with Gasteiger partial charge in [0, 0.05) is 27.6 Å². The molecule has 0 atom stereocenters. The predicted octanol–water partition coefficient (Wildman–Crippen LogP) is 6.69. The maximum Gasteiger partial charge on any atom is 0.435 e. The number of nitro groups is 1. The van der Waals surface area contributed by atoms with Gasteiger partial charge in [-0.25, -0.2) is 4.39 Å². The quantitative estimate of drug-likeness (QED) is 0.214. The number of ether oxygens (including phenoxy) is 1. The lowest BCUT2D eigenvalue weighted by atomic mass is 9.94. The number of hydrogen-bond donors (Lipinski definition) is 0. The molecule has 0 aliphatic rings. The Hall–Kier alpha value is -2.42. The molecule has 0 heterocycles. The van der Waals surface area contributed by atoms with Crippen molar-refractivity contribution < 1.29 is 45.2 Å². The van der Waals surface area contributed by atoms with Crippen molar-refractivity contribution in [3.8, 4) is 5.75 Å². The topological polar surface area (TPSA) is 72.7 Å². The van der Waals surface area contributed by atoms with E-state index in [2.05, 4.69) is 31.9 Å². The molecule has 0 saturated carbocycles. The van der Waals surface area contributed by atoms with Crippen molar-refractivity contribution in [2.24, 2.45) is 0 Å². The minimum absolute atomic E-state index is 0.246. The van der Waals surface area contributed by atoms with Gasteiger partial charge in [0.1, 0.15) is 0 Å². The third-order valence-corrected chi connectivity index (χ3v) is 5.67. The zero-order valence-electron chi connectivity index (χ0n) is 16.3. The third kappa shape index (κ3) is 4.65. The van der Waals surface area contributed by atoms with Gasteiger partial charge in [0.2, 0.25) is 5.75 Å². The van der Waals surface area contributed by atoms with E-state index in [-0.39, 0.29) is 23.4 Å². The second-order valence-electron chi connectivity index (χ2n) is 6.42. The first-order chi connectivity index (χ1) is 15.0. The number of methoxy groups -OCH3 is 1. The van der Waals surface area contributed by atoms with Gasteiger partial charge in [-0.15, -0.1) is 0 Å². The molecule has 2 aromatic rings. The third-order valence-electron chi connectivity index (χ3n) is 4.46. The Morgan fingerprint density at radius 2 is 1.52 bits per heavy atom. The molecule has 0 aliphatic carbocycles. The summed E-state index contributed by atoms with van der Waals surface area (Å²) in [5.41, 5.74) is -8.61. The molecule has 0 bridgehead atoms. The fraction of sp³-hybridized carbons (Fsp3) is 0.278. The number of hydrogen-bond acceptors (Lipinski definition) is 4. The van der Waals surface area contributed by atoms with E-state index in [0.717, 1.165) is 25.1 Å². The Morgan fingerprint density at radius 3 is 1.91 bits per heavy atom. The van der Waals surface area contributed by atoms with Crippen LogP contribution in [-0.2, 0) is 5.67 Å². The highest BCUT2D eigenvalue weighted by Crippen LogP contribution is 2.54. The molecule has 0 aromatic heterocycles. The number of nitro benzene ring substituents is 1. The lowest BCUT2D eigenvalue weighted by molar-refractivity contribution is -0.385. The number of halogens is 9. The molecule has 33 heavy (non-hydrogen) atoms. The van der Waals surface area contributed by atoms with E-state index in [1.807, 2.05) is 0 Å². The summed E-state index contributed by atoms with van der Waals surface area (Å²) >= 11 is 5.55.